The summed E-state index contributed by atoms with van der Waals surface area (Å²) in [4.78, 5) is 13.7. The van der Waals surface area contributed by atoms with E-state index < -0.39 is 96.1 Å². The van der Waals surface area contributed by atoms with E-state index in [0.29, 0.717) is 0 Å². The number of ether oxygens (including phenoxy) is 4. The number of fused-ring (bicyclic) bond motifs is 1. The topological polar surface area (TPSA) is 249 Å². The molecule has 0 bridgehead atoms. The van der Waals surface area contributed by atoms with Crippen LogP contribution in [-0.4, -0.2) is 114 Å². The quantitative estimate of drug-likeness (QED) is 0.159. The van der Waals surface area contributed by atoms with Crippen molar-refractivity contribution < 1.29 is 69.3 Å². The molecule has 9 N–H and O–H groups in total. The summed E-state index contributed by atoms with van der Waals surface area (Å²) in [6, 6.07) is 7.31. The molecular weight excluding hydrogens is 564 g/mol. The fraction of sp³-hybridized carbons (Fsp3) is 0.444. The zero-order valence-corrected chi connectivity index (χ0v) is 21.9. The van der Waals surface area contributed by atoms with Crippen molar-refractivity contribution in [1.29, 1.82) is 0 Å². The van der Waals surface area contributed by atoms with Crippen LogP contribution in [0, 0.1) is 0 Å². The van der Waals surface area contributed by atoms with E-state index in [9.17, 15) is 50.8 Å². The second kappa shape index (κ2) is 11.6. The van der Waals surface area contributed by atoms with Gasteiger partial charge in [-0.05, 0) is 31.2 Å². The molecule has 2 aromatic carbocycles. The molecule has 5 rings (SSSR count). The van der Waals surface area contributed by atoms with Crippen molar-refractivity contribution >= 4 is 11.0 Å². The predicted octanol–water partition coefficient (Wildman–Crippen LogP) is -1.39. The molecule has 0 amide bonds. The van der Waals surface area contributed by atoms with Crippen molar-refractivity contribution in [3.05, 3.63) is 46.6 Å². The van der Waals surface area contributed by atoms with Gasteiger partial charge in [-0.3, -0.25) is 4.79 Å². The van der Waals surface area contributed by atoms with E-state index in [4.69, 9.17) is 23.4 Å². The highest BCUT2D eigenvalue weighted by atomic mass is 16.8. The van der Waals surface area contributed by atoms with Crippen LogP contribution in [0.1, 0.15) is 6.92 Å². The van der Waals surface area contributed by atoms with Gasteiger partial charge in [-0.15, -0.1) is 0 Å². The van der Waals surface area contributed by atoms with Gasteiger partial charge in [0.2, 0.25) is 17.5 Å². The van der Waals surface area contributed by atoms with Crippen molar-refractivity contribution in [2.45, 2.75) is 68.3 Å². The molecule has 10 atom stereocenters. The maximum atomic E-state index is 13.7. The first-order valence-corrected chi connectivity index (χ1v) is 12.9. The molecular formula is C27H30O15. The van der Waals surface area contributed by atoms with Gasteiger partial charge in [0.25, 0.3) is 0 Å². The molecule has 0 aliphatic carbocycles. The maximum absolute atomic E-state index is 13.7. The molecule has 3 heterocycles. The average molecular weight is 595 g/mol. The number of aliphatic hydroxyl groups excluding tert-OH is 6. The van der Waals surface area contributed by atoms with Crippen LogP contribution in [0.2, 0.25) is 0 Å². The smallest absolute Gasteiger partial charge is 0.239 e. The summed E-state index contributed by atoms with van der Waals surface area (Å²) in [5.74, 6) is -2.03. The number of aliphatic hydroxyl groups is 6. The van der Waals surface area contributed by atoms with Crippen LogP contribution in [-0.2, 0) is 14.2 Å². The Morgan fingerprint density at radius 3 is 2.17 bits per heavy atom. The van der Waals surface area contributed by atoms with Crippen LogP contribution in [0.15, 0.2) is 45.6 Å². The molecule has 2 aliphatic heterocycles. The fourth-order valence-corrected chi connectivity index (χ4v) is 4.87. The molecule has 42 heavy (non-hydrogen) atoms. The van der Waals surface area contributed by atoms with E-state index in [0.717, 1.165) is 12.1 Å². The van der Waals surface area contributed by atoms with Gasteiger partial charge in [-0.2, -0.15) is 0 Å². The van der Waals surface area contributed by atoms with Gasteiger partial charge in [-0.25, -0.2) is 0 Å². The lowest BCUT2D eigenvalue weighted by Gasteiger charge is -2.45. The fourth-order valence-electron chi connectivity index (χ4n) is 4.87. The van der Waals surface area contributed by atoms with Crippen LogP contribution in [0.5, 0.6) is 23.0 Å². The third-order valence-corrected chi connectivity index (χ3v) is 7.21. The number of rotatable bonds is 6. The van der Waals surface area contributed by atoms with E-state index in [1.54, 1.807) is 0 Å². The Bertz CT molecular complexity index is 1470. The number of aromatic hydroxyl groups is 3. The molecule has 15 heteroatoms. The van der Waals surface area contributed by atoms with Gasteiger partial charge in [-0.1, -0.05) is 0 Å². The second-order valence-electron chi connectivity index (χ2n) is 10.1. The lowest BCUT2D eigenvalue weighted by atomic mass is 9.97. The highest BCUT2D eigenvalue weighted by Gasteiger charge is 2.51. The highest BCUT2D eigenvalue weighted by molar-refractivity contribution is 5.88. The third kappa shape index (κ3) is 5.37. The van der Waals surface area contributed by atoms with E-state index in [1.165, 1.54) is 31.2 Å². The first-order valence-electron chi connectivity index (χ1n) is 12.9. The van der Waals surface area contributed by atoms with E-state index in [1.807, 2.05) is 0 Å². The summed E-state index contributed by atoms with van der Waals surface area (Å²) >= 11 is 0. The minimum Gasteiger partial charge on any atom is -0.508 e. The van der Waals surface area contributed by atoms with Crippen LogP contribution < -0.4 is 10.2 Å². The molecule has 0 unspecified atom stereocenters. The van der Waals surface area contributed by atoms with Gasteiger partial charge >= 0.3 is 0 Å². The molecule has 1 aromatic heterocycles. The van der Waals surface area contributed by atoms with Gasteiger partial charge in [0.15, 0.2) is 18.2 Å². The van der Waals surface area contributed by atoms with Gasteiger partial charge < -0.3 is 69.3 Å². The Kier molecular flexibility index (Phi) is 8.30. The molecule has 0 saturated carbocycles. The summed E-state index contributed by atoms with van der Waals surface area (Å²) in [6.07, 6.45) is -16.3. The van der Waals surface area contributed by atoms with Crippen LogP contribution in [0.25, 0.3) is 22.3 Å². The van der Waals surface area contributed by atoms with Crippen LogP contribution >= 0.6 is 0 Å². The van der Waals surface area contributed by atoms with Crippen molar-refractivity contribution in [2.75, 3.05) is 6.61 Å². The number of phenols is 3. The number of benzene rings is 2. The number of hydrogen-bond donors (Lipinski definition) is 9. The third-order valence-electron chi connectivity index (χ3n) is 7.21. The average Bonchev–Trinajstić information content (AvgIpc) is 2.95. The number of phenolic OH excluding ortho intramolecular Hbond substituents is 3. The van der Waals surface area contributed by atoms with Crippen LogP contribution in [0.3, 0.4) is 0 Å². The minimum atomic E-state index is -1.87. The molecule has 0 radical (unpaired) electrons. The first-order chi connectivity index (χ1) is 19.9. The summed E-state index contributed by atoms with van der Waals surface area (Å²) in [5, 5.41) is 91.6. The Balaban J connectivity index is 1.60. The van der Waals surface area contributed by atoms with Gasteiger partial charge in [0.1, 0.15) is 64.8 Å². The SMILES string of the molecule is C[C@@H]1O[C@H](O[C@H]2[C@H](Oc3c(-c4ccc(O)cc4)oc4cc(O)cc(O)c4c3=O)O[C@H](CO)[C@@H](O)[C@@H]2O)[C@H](O)[C@H](O)[C@H]1O. The lowest BCUT2D eigenvalue weighted by Crippen LogP contribution is -2.64. The zero-order chi connectivity index (χ0) is 30.5. The van der Waals surface area contributed by atoms with Crippen molar-refractivity contribution in [2.24, 2.45) is 0 Å². The van der Waals surface area contributed by atoms with Crippen molar-refractivity contribution in [1.82, 2.24) is 0 Å². The maximum Gasteiger partial charge on any atom is 0.239 e. The minimum absolute atomic E-state index is 0.112. The largest absolute Gasteiger partial charge is 0.508 e. The summed E-state index contributed by atoms with van der Waals surface area (Å²) in [6.45, 7) is 0.593. The zero-order valence-electron chi connectivity index (χ0n) is 21.9. The Labute approximate surface area is 236 Å². The van der Waals surface area contributed by atoms with Crippen molar-refractivity contribution in [3.63, 3.8) is 0 Å². The highest BCUT2D eigenvalue weighted by Crippen LogP contribution is 2.38. The molecule has 0 spiro atoms. The molecule has 15 nitrogen and oxygen atoms in total. The van der Waals surface area contributed by atoms with Gasteiger partial charge in [0, 0.05) is 17.7 Å². The monoisotopic (exact) mass is 594 g/mol. The molecule has 228 valence electrons. The van der Waals surface area contributed by atoms with Crippen molar-refractivity contribution in [3.8, 4) is 34.3 Å². The predicted molar refractivity (Wildman–Crippen MR) is 139 cm³/mol. The summed E-state index contributed by atoms with van der Waals surface area (Å²) in [5.41, 5.74) is -0.995. The molecule has 2 fully saturated rings. The normalized spacial score (nSPS) is 33.5. The second-order valence-corrected chi connectivity index (χ2v) is 10.1. The summed E-state index contributed by atoms with van der Waals surface area (Å²) < 4.78 is 28.5. The first kappa shape index (κ1) is 30.0. The number of hydrogen-bond acceptors (Lipinski definition) is 15. The molecule has 2 aliphatic rings. The molecule has 3 aromatic rings. The standard InChI is InChI=1S/C27H30O15/c1-9-17(32)20(35)22(37)26(38-9)42-25-21(36)18(33)15(8-28)40-27(25)41-24-19(34)16-13(31)6-12(30)7-14(16)39-23(24)10-2-4-11(29)5-3-10/h2-7,9,15,17-18,20-22,25-33,35-37H,8H2,1H3/t9-,15+,17-,18+,20+,21-,22+,25+,26+,27-/m0/s1. The van der Waals surface area contributed by atoms with E-state index in [-0.39, 0.29) is 22.7 Å². The Morgan fingerprint density at radius 2 is 1.50 bits per heavy atom. The lowest BCUT2D eigenvalue weighted by molar-refractivity contribution is -0.354. The Morgan fingerprint density at radius 1 is 0.810 bits per heavy atom. The van der Waals surface area contributed by atoms with Gasteiger partial charge in [0.05, 0.1) is 12.7 Å². The summed E-state index contributed by atoms with van der Waals surface area (Å²) in [7, 11) is 0. The van der Waals surface area contributed by atoms with Crippen LogP contribution in [0.4, 0.5) is 0 Å². The Hall–Kier alpha value is -3.51. The van der Waals surface area contributed by atoms with E-state index >= 15 is 0 Å². The van der Waals surface area contributed by atoms with E-state index in [2.05, 4.69) is 0 Å². The molecule has 2 saturated heterocycles.